The second-order valence-corrected chi connectivity index (χ2v) is 4.50. The normalized spacial score (nSPS) is 12.6. The topological polar surface area (TPSA) is 117 Å². The number of nitrogens with zero attached hydrogens (tertiary/aromatic N) is 1. The Kier molecular flexibility index (Phi) is 5.89. The summed E-state index contributed by atoms with van der Waals surface area (Å²) in [6.45, 7) is 0.343. The summed E-state index contributed by atoms with van der Waals surface area (Å²) in [5.41, 5.74) is 0.248. The number of hydrogen-bond acceptors (Lipinski definition) is 8. The van der Waals surface area contributed by atoms with E-state index in [4.69, 9.17) is 14.2 Å². The number of nitro benzene ring substituents is 1. The highest BCUT2D eigenvalue weighted by Crippen LogP contribution is 2.17. The third kappa shape index (κ3) is 5.13. The molecule has 1 heterocycles. The van der Waals surface area contributed by atoms with E-state index in [1.165, 1.54) is 30.5 Å². The summed E-state index contributed by atoms with van der Waals surface area (Å²) in [6, 6.07) is 4.94. The minimum atomic E-state index is -1.00. The van der Waals surface area contributed by atoms with Gasteiger partial charge in [-0.2, -0.15) is 0 Å². The van der Waals surface area contributed by atoms with Gasteiger partial charge in [-0.1, -0.05) is 6.08 Å². The lowest BCUT2D eigenvalue weighted by Gasteiger charge is -2.09. The van der Waals surface area contributed by atoms with Crippen molar-refractivity contribution in [2.75, 3.05) is 19.8 Å². The Hall–Kier alpha value is -3.36. The second-order valence-electron chi connectivity index (χ2n) is 4.50. The van der Waals surface area contributed by atoms with E-state index in [0.717, 1.165) is 0 Å². The van der Waals surface area contributed by atoms with Gasteiger partial charge in [0.15, 0.2) is 0 Å². The predicted octanol–water partition coefficient (Wildman–Crippen LogP) is 1.70. The molecule has 2 rings (SSSR count). The monoisotopic (exact) mass is 334 g/mol. The van der Waals surface area contributed by atoms with E-state index in [9.17, 15) is 19.7 Å². The van der Waals surface area contributed by atoms with Crippen LogP contribution in [0.2, 0.25) is 0 Å². The van der Waals surface area contributed by atoms with Crippen LogP contribution >= 0.6 is 0 Å². The molecule has 0 saturated carbocycles. The number of ether oxygens (including phenoxy) is 3. The summed E-state index contributed by atoms with van der Waals surface area (Å²) in [6.07, 6.45) is 3.93. The van der Waals surface area contributed by atoms with E-state index < -0.39 is 17.0 Å². The molecule has 0 saturated heterocycles. The SMILES string of the molecule is O=C(OCCOC(=O)C1=CNCC=C1)Oc1ccc([N+](=O)[O-])cc1. The van der Waals surface area contributed by atoms with Crippen molar-refractivity contribution >= 4 is 17.8 Å². The Labute approximate surface area is 136 Å². The van der Waals surface area contributed by atoms with Crippen LogP contribution in [-0.4, -0.2) is 36.8 Å². The molecule has 1 aliphatic heterocycles. The first-order valence-electron chi connectivity index (χ1n) is 6.92. The van der Waals surface area contributed by atoms with Gasteiger partial charge < -0.3 is 19.5 Å². The van der Waals surface area contributed by atoms with E-state index in [2.05, 4.69) is 5.32 Å². The van der Waals surface area contributed by atoms with Gasteiger partial charge in [0, 0.05) is 24.9 Å². The number of hydrogen-bond donors (Lipinski definition) is 1. The van der Waals surface area contributed by atoms with Gasteiger partial charge in [0.25, 0.3) is 5.69 Å². The molecule has 1 aromatic rings. The number of carbonyl (C=O) groups excluding carboxylic acids is 2. The van der Waals surface area contributed by atoms with Crippen molar-refractivity contribution in [3.8, 4) is 5.75 Å². The molecule has 0 spiro atoms. The van der Waals surface area contributed by atoms with Crippen molar-refractivity contribution in [2.45, 2.75) is 0 Å². The second kappa shape index (κ2) is 8.32. The van der Waals surface area contributed by atoms with Gasteiger partial charge in [0.05, 0.1) is 10.5 Å². The average molecular weight is 334 g/mol. The van der Waals surface area contributed by atoms with E-state index >= 15 is 0 Å². The van der Waals surface area contributed by atoms with Crippen LogP contribution in [0, 0.1) is 10.1 Å². The maximum absolute atomic E-state index is 11.6. The summed E-state index contributed by atoms with van der Waals surface area (Å²) < 4.78 is 14.5. The number of benzene rings is 1. The van der Waals surface area contributed by atoms with Crippen LogP contribution in [0.5, 0.6) is 5.75 Å². The standard InChI is InChI=1S/C15H14N2O7/c18-14(11-2-1-7-16-10-11)22-8-9-23-15(19)24-13-5-3-12(4-6-13)17(20)21/h1-6,10,16H,7-9H2. The fourth-order valence-electron chi connectivity index (χ4n) is 1.70. The highest BCUT2D eigenvalue weighted by molar-refractivity contribution is 5.91. The highest BCUT2D eigenvalue weighted by Gasteiger charge is 2.12. The van der Waals surface area contributed by atoms with E-state index in [0.29, 0.717) is 12.1 Å². The Morgan fingerprint density at radius 2 is 1.88 bits per heavy atom. The first kappa shape index (κ1) is 17.0. The fourth-order valence-corrected chi connectivity index (χ4v) is 1.70. The molecule has 1 aliphatic rings. The van der Waals surface area contributed by atoms with Crippen LogP contribution in [0.25, 0.3) is 0 Å². The van der Waals surface area contributed by atoms with Crippen LogP contribution in [0.3, 0.4) is 0 Å². The predicted molar refractivity (Wildman–Crippen MR) is 81.3 cm³/mol. The molecule has 0 aliphatic carbocycles. The lowest BCUT2D eigenvalue weighted by Crippen LogP contribution is -2.19. The summed E-state index contributed by atoms with van der Waals surface area (Å²) in [5.74, 6) is -0.433. The van der Waals surface area contributed by atoms with Gasteiger partial charge in [-0.3, -0.25) is 10.1 Å². The van der Waals surface area contributed by atoms with Crippen LogP contribution < -0.4 is 10.1 Å². The van der Waals surface area contributed by atoms with Gasteiger partial charge >= 0.3 is 12.1 Å². The fraction of sp³-hybridized carbons (Fsp3) is 0.200. The van der Waals surface area contributed by atoms with Crippen LogP contribution in [0.1, 0.15) is 0 Å². The maximum Gasteiger partial charge on any atom is 0.513 e. The molecular formula is C15H14N2O7. The van der Waals surface area contributed by atoms with Crippen LogP contribution in [0.4, 0.5) is 10.5 Å². The Morgan fingerprint density at radius 3 is 2.50 bits per heavy atom. The zero-order valence-electron chi connectivity index (χ0n) is 12.5. The molecule has 9 heteroatoms. The summed E-state index contributed by atoms with van der Waals surface area (Å²) in [7, 11) is 0. The number of nitro groups is 1. The quantitative estimate of drug-likeness (QED) is 0.275. The summed E-state index contributed by atoms with van der Waals surface area (Å²) >= 11 is 0. The third-order valence-corrected chi connectivity index (χ3v) is 2.81. The van der Waals surface area contributed by atoms with Gasteiger partial charge in [-0.05, 0) is 18.2 Å². The highest BCUT2D eigenvalue weighted by atomic mass is 16.7. The third-order valence-electron chi connectivity index (χ3n) is 2.81. The number of dihydropyridines is 1. The molecule has 0 amide bonds. The number of nitrogens with one attached hydrogen (secondary N) is 1. The molecular weight excluding hydrogens is 320 g/mol. The molecule has 126 valence electrons. The maximum atomic E-state index is 11.6. The van der Waals surface area contributed by atoms with Crippen molar-refractivity contribution in [2.24, 2.45) is 0 Å². The number of esters is 1. The molecule has 24 heavy (non-hydrogen) atoms. The number of non-ortho nitro benzene ring substituents is 1. The summed E-state index contributed by atoms with van der Waals surface area (Å²) in [4.78, 5) is 33.0. The van der Waals surface area contributed by atoms with E-state index in [1.54, 1.807) is 12.2 Å². The molecule has 1 aromatic carbocycles. The average Bonchev–Trinajstić information content (AvgIpc) is 2.59. The van der Waals surface area contributed by atoms with Crippen molar-refractivity contribution in [3.05, 3.63) is 58.3 Å². The van der Waals surface area contributed by atoms with Gasteiger partial charge in [-0.15, -0.1) is 0 Å². The Bertz CT molecular complexity index is 680. The summed E-state index contributed by atoms with van der Waals surface area (Å²) in [5, 5.41) is 13.4. The largest absolute Gasteiger partial charge is 0.513 e. The zero-order chi connectivity index (χ0) is 17.4. The smallest absolute Gasteiger partial charge is 0.458 e. The van der Waals surface area contributed by atoms with Gasteiger partial charge in [0.2, 0.25) is 0 Å². The minimum Gasteiger partial charge on any atom is -0.458 e. The van der Waals surface area contributed by atoms with E-state index in [-0.39, 0.29) is 24.7 Å². The van der Waals surface area contributed by atoms with E-state index in [1.807, 2.05) is 0 Å². The van der Waals surface area contributed by atoms with Crippen molar-refractivity contribution in [1.29, 1.82) is 0 Å². The molecule has 1 N–H and O–H groups in total. The molecule has 0 radical (unpaired) electrons. The zero-order valence-corrected chi connectivity index (χ0v) is 12.5. The number of rotatable bonds is 6. The molecule has 0 unspecified atom stereocenters. The van der Waals surface area contributed by atoms with Crippen LogP contribution in [-0.2, 0) is 14.3 Å². The molecule has 0 aromatic heterocycles. The molecule has 9 nitrogen and oxygen atoms in total. The first-order valence-corrected chi connectivity index (χ1v) is 6.92. The Morgan fingerprint density at radius 1 is 1.17 bits per heavy atom. The van der Waals surface area contributed by atoms with Gasteiger partial charge in [-0.25, -0.2) is 9.59 Å². The van der Waals surface area contributed by atoms with Gasteiger partial charge in [0.1, 0.15) is 19.0 Å². The molecule has 0 bridgehead atoms. The lowest BCUT2D eigenvalue weighted by atomic mass is 10.2. The van der Waals surface area contributed by atoms with Crippen molar-refractivity contribution < 1.29 is 28.7 Å². The molecule has 0 fully saturated rings. The van der Waals surface area contributed by atoms with Crippen molar-refractivity contribution in [1.82, 2.24) is 5.32 Å². The minimum absolute atomic E-state index is 0.103. The lowest BCUT2D eigenvalue weighted by molar-refractivity contribution is -0.384. The molecule has 0 atom stereocenters. The Balaban J connectivity index is 1.68. The van der Waals surface area contributed by atoms with Crippen molar-refractivity contribution in [3.63, 3.8) is 0 Å². The number of carbonyl (C=O) groups is 2. The first-order chi connectivity index (χ1) is 11.6. The van der Waals surface area contributed by atoms with Crippen LogP contribution in [0.15, 0.2) is 48.2 Å².